The minimum atomic E-state index is 0.317. The van der Waals surface area contributed by atoms with Crippen LogP contribution in [0.25, 0.3) is 10.1 Å². The van der Waals surface area contributed by atoms with Gasteiger partial charge in [0.1, 0.15) is 0 Å². The van der Waals surface area contributed by atoms with E-state index in [4.69, 9.17) is 5.73 Å². The summed E-state index contributed by atoms with van der Waals surface area (Å²) in [5, 5.41) is 3.53. The Morgan fingerprint density at radius 3 is 3.00 bits per heavy atom. The van der Waals surface area contributed by atoms with E-state index in [9.17, 15) is 0 Å². The average molecular weight is 246 g/mol. The lowest BCUT2D eigenvalue weighted by Crippen LogP contribution is -2.44. The average Bonchev–Trinajstić information content (AvgIpc) is 2.74. The maximum atomic E-state index is 6.11. The zero-order chi connectivity index (χ0) is 11.8. The van der Waals surface area contributed by atoms with Gasteiger partial charge < -0.3 is 10.6 Å². The number of rotatable bonds is 1. The molecule has 1 aliphatic heterocycles. The Bertz CT molecular complexity index is 510. The van der Waals surface area contributed by atoms with Gasteiger partial charge in [-0.2, -0.15) is 0 Å². The summed E-state index contributed by atoms with van der Waals surface area (Å²) in [6, 6.07) is 9.38. The van der Waals surface area contributed by atoms with Gasteiger partial charge in [0.2, 0.25) is 0 Å². The predicted molar refractivity (Wildman–Crippen MR) is 74.7 cm³/mol. The summed E-state index contributed by atoms with van der Waals surface area (Å²) in [4.78, 5) is 2.34. The summed E-state index contributed by atoms with van der Waals surface area (Å²) in [7, 11) is 2.16. The van der Waals surface area contributed by atoms with E-state index < -0.39 is 0 Å². The van der Waals surface area contributed by atoms with Crippen LogP contribution in [-0.4, -0.2) is 31.1 Å². The molecule has 1 aliphatic rings. The summed E-state index contributed by atoms with van der Waals surface area (Å²) >= 11 is 1.81. The number of fused-ring (bicyclic) bond motifs is 1. The van der Waals surface area contributed by atoms with Crippen molar-refractivity contribution >= 4 is 21.4 Å². The largest absolute Gasteiger partial charge is 0.327 e. The van der Waals surface area contributed by atoms with Gasteiger partial charge in [0.05, 0.1) is 0 Å². The Labute approximate surface area is 106 Å². The highest BCUT2D eigenvalue weighted by atomic mass is 32.1. The third-order valence-electron chi connectivity index (χ3n) is 3.61. The molecule has 17 heavy (non-hydrogen) atoms. The third kappa shape index (κ3) is 2.23. The number of nitrogens with zero attached hydrogens (tertiary/aromatic N) is 1. The lowest BCUT2D eigenvalue weighted by Gasteiger charge is -2.34. The van der Waals surface area contributed by atoms with Gasteiger partial charge in [-0.3, -0.25) is 0 Å². The van der Waals surface area contributed by atoms with Crippen molar-refractivity contribution in [3.05, 3.63) is 35.2 Å². The first-order valence-corrected chi connectivity index (χ1v) is 7.01. The second kappa shape index (κ2) is 4.41. The molecule has 0 spiro atoms. The van der Waals surface area contributed by atoms with Crippen LogP contribution in [0.3, 0.4) is 0 Å². The van der Waals surface area contributed by atoms with Crippen molar-refractivity contribution in [1.29, 1.82) is 0 Å². The molecule has 0 aliphatic carbocycles. The Morgan fingerprint density at radius 1 is 1.29 bits per heavy atom. The van der Waals surface area contributed by atoms with Crippen molar-refractivity contribution in [2.45, 2.75) is 18.4 Å². The van der Waals surface area contributed by atoms with Gasteiger partial charge in [-0.1, -0.05) is 6.07 Å². The van der Waals surface area contributed by atoms with E-state index >= 15 is 0 Å². The van der Waals surface area contributed by atoms with Crippen LogP contribution in [0, 0.1) is 0 Å². The number of hydrogen-bond donors (Lipinski definition) is 1. The molecule has 2 unspecified atom stereocenters. The first-order chi connectivity index (χ1) is 8.22. The number of nitrogens with two attached hydrogens (primary N) is 1. The quantitative estimate of drug-likeness (QED) is 0.838. The van der Waals surface area contributed by atoms with Crippen LogP contribution in [0.2, 0.25) is 0 Å². The van der Waals surface area contributed by atoms with Crippen LogP contribution < -0.4 is 5.73 Å². The van der Waals surface area contributed by atoms with E-state index in [-0.39, 0.29) is 0 Å². The molecule has 2 nitrogen and oxygen atoms in total. The number of likely N-dealkylation sites (N-methyl/N-ethyl adjacent to an activating group) is 1. The Balaban J connectivity index is 1.91. The van der Waals surface area contributed by atoms with Gasteiger partial charge in [0.15, 0.2) is 0 Å². The van der Waals surface area contributed by atoms with Crippen molar-refractivity contribution in [2.24, 2.45) is 5.73 Å². The lowest BCUT2D eigenvalue weighted by atomic mass is 9.88. The van der Waals surface area contributed by atoms with Crippen molar-refractivity contribution in [2.75, 3.05) is 20.1 Å². The molecule has 0 bridgehead atoms. The van der Waals surface area contributed by atoms with E-state index in [1.54, 1.807) is 0 Å². The van der Waals surface area contributed by atoms with Crippen molar-refractivity contribution in [3.8, 4) is 0 Å². The maximum absolute atomic E-state index is 6.11. The van der Waals surface area contributed by atoms with Gasteiger partial charge in [0.25, 0.3) is 0 Å². The minimum Gasteiger partial charge on any atom is -0.327 e. The van der Waals surface area contributed by atoms with Crippen LogP contribution in [-0.2, 0) is 0 Å². The number of benzene rings is 1. The molecule has 0 amide bonds. The standard InChI is InChI=1S/C14H18N2S/c1-16-8-12(7-13(15)9-16)10-2-3-14-11(6-10)4-5-17-14/h2-6,12-13H,7-9,15H2,1H3. The first-order valence-electron chi connectivity index (χ1n) is 6.13. The number of hydrogen-bond acceptors (Lipinski definition) is 3. The molecule has 1 fully saturated rings. The van der Waals surface area contributed by atoms with Gasteiger partial charge >= 0.3 is 0 Å². The molecule has 2 heterocycles. The number of thiophene rings is 1. The van der Waals surface area contributed by atoms with Crippen LogP contribution >= 0.6 is 11.3 Å². The molecule has 1 saturated heterocycles. The minimum absolute atomic E-state index is 0.317. The molecule has 3 heteroatoms. The maximum Gasteiger partial charge on any atom is 0.0342 e. The second-order valence-corrected chi connectivity index (χ2v) is 6.08. The highest BCUT2D eigenvalue weighted by molar-refractivity contribution is 7.17. The summed E-state index contributed by atoms with van der Waals surface area (Å²) < 4.78 is 1.38. The van der Waals surface area contributed by atoms with Crippen LogP contribution in [0.4, 0.5) is 0 Å². The van der Waals surface area contributed by atoms with Crippen molar-refractivity contribution < 1.29 is 0 Å². The lowest BCUT2D eigenvalue weighted by molar-refractivity contribution is 0.227. The number of likely N-dealkylation sites (tertiary alicyclic amines) is 1. The Kier molecular flexibility index (Phi) is 2.90. The first kappa shape index (κ1) is 11.2. The fraction of sp³-hybridized carbons (Fsp3) is 0.429. The van der Waals surface area contributed by atoms with Crippen molar-refractivity contribution in [3.63, 3.8) is 0 Å². The highest BCUT2D eigenvalue weighted by Gasteiger charge is 2.24. The second-order valence-electron chi connectivity index (χ2n) is 5.13. The molecule has 2 N–H and O–H groups in total. The molecule has 3 rings (SSSR count). The highest BCUT2D eigenvalue weighted by Crippen LogP contribution is 2.30. The van der Waals surface area contributed by atoms with Gasteiger partial charge in [-0.25, -0.2) is 0 Å². The molecule has 90 valence electrons. The van der Waals surface area contributed by atoms with E-state index in [0.717, 1.165) is 19.5 Å². The smallest absolute Gasteiger partial charge is 0.0342 e. The molecule has 2 aromatic rings. The summed E-state index contributed by atoms with van der Waals surface area (Å²) in [6.07, 6.45) is 1.11. The van der Waals surface area contributed by atoms with Crippen LogP contribution in [0.1, 0.15) is 17.9 Å². The summed E-state index contributed by atoms with van der Waals surface area (Å²) in [5.74, 6) is 0.591. The zero-order valence-electron chi connectivity index (χ0n) is 10.1. The summed E-state index contributed by atoms with van der Waals surface area (Å²) in [6.45, 7) is 2.15. The third-order valence-corrected chi connectivity index (χ3v) is 4.51. The fourth-order valence-corrected chi connectivity index (χ4v) is 3.62. The summed E-state index contributed by atoms with van der Waals surface area (Å²) in [5.41, 5.74) is 7.55. The van der Waals surface area contributed by atoms with Crippen LogP contribution in [0.5, 0.6) is 0 Å². The Hall–Kier alpha value is -0.900. The molecule has 0 saturated carbocycles. The fourth-order valence-electron chi connectivity index (χ4n) is 2.85. The number of piperidine rings is 1. The molecule has 0 radical (unpaired) electrons. The van der Waals surface area contributed by atoms with Gasteiger partial charge in [-0.05, 0) is 53.9 Å². The zero-order valence-corrected chi connectivity index (χ0v) is 10.9. The van der Waals surface area contributed by atoms with E-state index in [2.05, 4.69) is 41.6 Å². The molecule has 1 aromatic carbocycles. The molecular weight excluding hydrogens is 228 g/mol. The normalized spacial score (nSPS) is 26.5. The molecule has 2 atom stereocenters. The van der Waals surface area contributed by atoms with E-state index in [0.29, 0.717) is 12.0 Å². The van der Waals surface area contributed by atoms with Gasteiger partial charge in [-0.15, -0.1) is 11.3 Å². The SMILES string of the molecule is CN1CC(N)CC(c2ccc3sccc3c2)C1. The van der Waals surface area contributed by atoms with E-state index in [1.807, 2.05) is 11.3 Å². The van der Waals surface area contributed by atoms with Gasteiger partial charge in [0, 0.05) is 23.8 Å². The Morgan fingerprint density at radius 2 is 2.18 bits per heavy atom. The van der Waals surface area contributed by atoms with Crippen LogP contribution in [0.15, 0.2) is 29.6 Å². The van der Waals surface area contributed by atoms with Crippen molar-refractivity contribution in [1.82, 2.24) is 4.90 Å². The predicted octanol–water partition coefficient (Wildman–Crippen LogP) is 2.65. The topological polar surface area (TPSA) is 29.3 Å². The molecular formula is C14H18N2S. The monoisotopic (exact) mass is 246 g/mol. The molecule has 1 aromatic heterocycles. The van der Waals surface area contributed by atoms with E-state index in [1.165, 1.54) is 15.6 Å².